The molecule has 0 saturated carbocycles. The summed E-state index contributed by atoms with van der Waals surface area (Å²) in [6.45, 7) is 18.9. The topological polar surface area (TPSA) is 78.4 Å². The summed E-state index contributed by atoms with van der Waals surface area (Å²) in [5, 5.41) is 2.92. The van der Waals surface area contributed by atoms with E-state index in [1.807, 2.05) is 20.8 Å². The molecule has 0 fully saturated rings. The molecule has 1 N–H and O–H groups in total. The molecule has 3 rings (SSSR count). The van der Waals surface area contributed by atoms with E-state index in [0.717, 1.165) is 29.7 Å². The number of carbonyl (C=O) groups excluding carboxylic acids is 2. The van der Waals surface area contributed by atoms with E-state index < -0.39 is 5.92 Å². The first kappa shape index (κ1) is 25.7. The number of aromatic nitrogens is 2. The lowest BCUT2D eigenvalue weighted by molar-refractivity contribution is -0.130. The molecule has 1 aromatic heterocycles. The largest absolute Gasteiger partial charge is 0.353 e. The van der Waals surface area contributed by atoms with Gasteiger partial charge in [0, 0.05) is 35.6 Å². The van der Waals surface area contributed by atoms with Crippen LogP contribution in [0.1, 0.15) is 81.3 Å². The molecule has 0 aliphatic carbocycles. The van der Waals surface area contributed by atoms with Crippen molar-refractivity contribution in [3.63, 3.8) is 0 Å². The van der Waals surface area contributed by atoms with Crippen LogP contribution in [0.4, 0.5) is 17.5 Å². The van der Waals surface area contributed by atoms with E-state index in [1.165, 1.54) is 5.56 Å². The maximum absolute atomic E-state index is 13.6. The first-order valence-electron chi connectivity index (χ1n) is 12.4. The molecule has 0 saturated heterocycles. The van der Waals surface area contributed by atoms with Crippen molar-refractivity contribution in [3.05, 3.63) is 40.1 Å². The number of anilines is 3. The molecule has 0 bridgehead atoms. The van der Waals surface area contributed by atoms with E-state index in [2.05, 4.69) is 63.9 Å². The lowest BCUT2D eigenvalue weighted by atomic mass is 9.99. The molecule has 7 nitrogen and oxygen atoms in total. The quantitative estimate of drug-likeness (QED) is 0.554. The lowest BCUT2D eigenvalue weighted by Gasteiger charge is -2.29. The van der Waals surface area contributed by atoms with Crippen molar-refractivity contribution in [2.24, 2.45) is 0 Å². The zero-order chi connectivity index (χ0) is 25.3. The number of amides is 2. The average molecular weight is 466 g/mol. The van der Waals surface area contributed by atoms with Gasteiger partial charge in [0.1, 0.15) is 11.7 Å². The molecular weight excluding hydrogens is 426 g/mol. The summed E-state index contributed by atoms with van der Waals surface area (Å²) in [5.41, 5.74) is 5.91. The molecule has 0 unspecified atom stereocenters. The van der Waals surface area contributed by atoms with Crippen LogP contribution in [0.25, 0.3) is 0 Å². The van der Waals surface area contributed by atoms with Crippen molar-refractivity contribution >= 4 is 29.3 Å². The number of nitrogens with zero attached hydrogens (tertiary/aromatic N) is 4. The van der Waals surface area contributed by atoms with E-state index in [1.54, 1.807) is 4.90 Å². The van der Waals surface area contributed by atoms with E-state index in [0.29, 0.717) is 29.6 Å². The van der Waals surface area contributed by atoms with E-state index in [9.17, 15) is 9.59 Å². The molecule has 2 heterocycles. The molecule has 1 aromatic carbocycles. The summed E-state index contributed by atoms with van der Waals surface area (Å²) >= 11 is 0. The molecule has 1 aliphatic rings. The summed E-state index contributed by atoms with van der Waals surface area (Å²) in [7, 11) is 0. The van der Waals surface area contributed by atoms with Crippen LogP contribution in [-0.4, -0.2) is 40.4 Å². The summed E-state index contributed by atoms with van der Waals surface area (Å²) in [6.07, 6.45) is 1.57. The van der Waals surface area contributed by atoms with Crippen LogP contribution in [0.3, 0.4) is 0 Å². The van der Waals surface area contributed by atoms with Gasteiger partial charge < -0.3 is 10.2 Å². The minimum Gasteiger partial charge on any atom is -0.353 e. The number of rotatable bonds is 8. The van der Waals surface area contributed by atoms with Crippen LogP contribution < -0.4 is 15.1 Å². The Labute approximate surface area is 204 Å². The number of carbonyl (C=O) groups is 2. The number of nitrogens with one attached hydrogen (secondary N) is 1. The average Bonchev–Trinajstić information content (AvgIpc) is 3.04. The van der Waals surface area contributed by atoms with Gasteiger partial charge in [-0.1, -0.05) is 31.5 Å². The zero-order valence-corrected chi connectivity index (χ0v) is 22.1. The monoisotopic (exact) mass is 465 g/mol. The van der Waals surface area contributed by atoms with Crippen molar-refractivity contribution in [1.82, 2.24) is 15.3 Å². The minimum atomic E-state index is -0.912. The Morgan fingerprint density at radius 3 is 2.15 bits per heavy atom. The Morgan fingerprint density at radius 2 is 1.65 bits per heavy atom. The van der Waals surface area contributed by atoms with Gasteiger partial charge in [0.25, 0.3) is 0 Å². The van der Waals surface area contributed by atoms with Crippen molar-refractivity contribution in [2.45, 2.75) is 93.2 Å². The normalized spacial score (nSPS) is 15.3. The van der Waals surface area contributed by atoms with E-state index in [4.69, 9.17) is 9.97 Å². The Bertz CT molecular complexity index is 1070. The van der Waals surface area contributed by atoms with Crippen molar-refractivity contribution in [3.8, 4) is 0 Å². The van der Waals surface area contributed by atoms with Gasteiger partial charge in [-0.2, -0.15) is 4.98 Å². The Kier molecular flexibility index (Phi) is 7.64. The van der Waals surface area contributed by atoms with Gasteiger partial charge in [0.2, 0.25) is 17.8 Å². The molecule has 184 valence electrons. The molecule has 0 spiro atoms. The third-order valence-corrected chi connectivity index (χ3v) is 6.57. The highest BCUT2D eigenvalue weighted by Gasteiger charge is 2.47. The first-order valence-corrected chi connectivity index (χ1v) is 12.4. The van der Waals surface area contributed by atoms with Crippen molar-refractivity contribution in [2.75, 3.05) is 16.3 Å². The fraction of sp³-hybridized carbons (Fsp3) is 0.556. The van der Waals surface area contributed by atoms with E-state index >= 15 is 0 Å². The van der Waals surface area contributed by atoms with Crippen molar-refractivity contribution < 1.29 is 9.59 Å². The van der Waals surface area contributed by atoms with Gasteiger partial charge in [-0.05, 0) is 72.4 Å². The van der Waals surface area contributed by atoms with Gasteiger partial charge in [0.15, 0.2) is 0 Å². The number of fused-ring (bicyclic) bond motifs is 1. The second-order valence-electron chi connectivity index (χ2n) is 9.61. The highest BCUT2D eigenvalue weighted by molar-refractivity contribution is 6.17. The smallest absolute Gasteiger partial charge is 0.245 e. The van der Waals surface area contributed by atoms with Crippen LogP contribution >= 0.6 is 0 Å². The second-order valence-corrected chi connectivity index (χ2v) is 9.61. The Morgan fingerprint density at radius 1 is 1.06 bits per heavy atom. The Balaban J connectivity index is 2.22. The first-order chi connectivity index (χ1) is 16.0. The van der Waals surface area contributed by atoms with Gasteiger partial charge in [-0.25, -0.2) is 4.98 Å². The molecule has 7 heteroatoms. The second kappa shape index (κ2) is 10.1. The summed E-state index contributed by atoms with van der Waals surface area (Å²) in [4.78, 5) is 40.4. The number of benzene rings is 1. The highest BCUT2D eigenvalue weighted by Crippen LogP contribution is 2.42. The maximum atomic E-state index is 13.6. The fourth-order valence-corrected chi connectivity index (χ4v) is 5.18. The number of hydrogen-bond donors (Lipinski definition) is 1. The standard InChI is InChI=1S/C27H39N5O2/c1-10-20(11-2)32-24-21(22(26(32)34)25(33)28-15(4)5)19(9)29-27(30-24)31(12-3)23-17(7)13-16(6)14-18(23)8/h13-15,20,22H,10-12H2,1-9H3,(H,28,33)/t22-/m0/s1. The van der Waals surface area contributed by atoms with Crippen LogP contribution in [0, 0.1) is 27.7 Å². The van der Waals surface area contributed by atoms with Gasteiger partial charge in [0.05, 0.1) is 0 Å². The van der Waals surface area contributed by atoms with E-state index in [-0.39, 0.29) is 23.9 Å². The highest BCUT2D eigenvalue weighted by atomic mass is 16.2. The molecular formula is C27H39N5O2. The fourth-order valence-electron chi connectivity index (χ4n) is 5.18. The van der Waals surface area contributed by atoms with Crippen molar-refractivity contribution in [1.29, 1.82) is 0 Å². The number of aryl methyl sites for hydroxylation is 4. The van der Waals surface area contributed by atoms with Crippen LogP contribution in [0.2, 0.25) is 0 Å². The third kappa shape index (κ3) is 4.52. The SMILES string of the molecule is CCC(CC)N1C(=O)[C@H](C(=O)NC(C)C)c2c(C)nc(N(CC)c3c(C)cc(C)cc3C)nc21. The zero-order valence-electron chi connectivity index (χ0n) is 22.1. The summed E-state index contributed by atoms with van der Waals surface area (Å²) in [6, 6.07) is 4.24. The minimum absolute atomic E-state index is 0.0248. The molecule has 2 aromatic rings. The maximum Gasteiger partial charge on any atom is 0.245 e. The number of hydrogen-bond acceptors (Lipinski definition) is 5. The van der Waals surface area contributed by atoms with Crippen LogP contribution in [0.5, 0.6) is 0 Å². The predicted molar refractivity (Wildman–Crippen MR) is 138 cm³/mol. The molecule has 34 heavy (non-hydrogen) atoms. The van der Waals surface area contributed by atoms with Gasteiger partial charge in [-0.3, -0.25) is 14.5 Å². The summed E-state index contributed by atoms with van der Waals surface area (Å²) < 4.78 is 0. The predicted octanol–water partition coefficient (Wildman–Crippen LogP) is 5.01. The Hall–Kier alpha value is -2.96. The third-order valence-electron chi connectivity index (χ3n) is 6.57. The lowest BCUT2D eigenvalue weighted by Crippen LogP contribution is -2.43. The molecule has 0 radical (unpaired) electrons. The molecule has 2 amide bonds. The van der Waals surface area contributed by atoms with Crippen LogP contribution in [0.15, 0.2) is 12.1 Å². The molecule has 1 atom stereocenters. The summed E-state index contributed by atoms with van der Waals surface area (Å²) in [5.74, 6) is -0.271. The van der Waals surface area contributed by atoms with Crippen LogP contribution in [-0.2, 0) is 9.59 Å². The van der Waals surface area contributed by atoms with Gasteiger partial charge in [-0.15, -0.1) is 0 Å². The van der Waals surface area contributed by atoms with Gasteiger partial charge >= 0.3 is 0 Å². The molecule has 1 aliphatic heterocycles.